The van der Waals surface area contributed by atoms with E-state index < -0.39 is 38.7 Å². The number of aliphatic imine (C=N–C) groups is 1. The van der Waals surface area contributed by atoms with Crippen molar-refractivity contribution in [1.82, 2.24) is 0 Å². The normalized spacial score (nSPS) is 15.6. The van der Waals surface area contributed by atoms with Crippen LogP contribution in [0.4, 0.5) is 18.9 Å². The Hall–Kier alpha value is -4.59. The van der Waals surface area contributed by atoms with Gasteiger partial charge in [0.15, 0.2) is 5.84 Å². The molecule has 3 aromatic rings. The molecule has 0 radical (unpaired) electrons. The fourth-order valence-electron chi connectivity index (χ4n) is 4.18. The third-order valence-corrected chi connectivity index (χ3v) is 7.98. The van der Waals surface area contributed by atoms with Crippen LogP contribution in [0, 0.1) is 5.41 Å². The first-order valence-electron chi connectivity index (χ1n) is 12.1. The molecule has 0 saturated heterocycles. The molecule has 4 rings (SSSR count). The van der Waals surface area contributed by atoms with Gasteiger partial charge in [-0.05, 0) is 55.0 Å². The molecule has 4 N–H and O–H groups in total. The largest absolute Gasteiger partial charge is 0.496 e. The molecule has 0 saturated carbocycles. The molecule has 1 aliphatic heterocycles. The van der Waals surface area contributed by atoms with Crippen LogP contribution in [0.1, 0.15) is 29.5 Å². The molecular weight excluding hydrogens is 565 g/mol. The Kier molecular flexibility index (Phi) is 8.24. The number of benzene rings is 3. The van der Waals surface area contributed by atoms with Gasteiger partial charge in [-0.25, -0.2) is 13.4 Å². The second-order valence-electron chi connectivity index (χ2n) is 8.96. The van der Waals surface area contributed by atoms with Gasteiger partial charge in [-0.1, -0.05) is 18.2 Å². The molecule has 3 aromatic carbocycles. The number of para-hydroxylation sites is 1. The van der Waals surface area contributed by atoms with Crippen molar-refractivity contribution in [3.63, 3.8) is 0 Å². The van der Waals surface area contributed by atoms with E-state index in [-0.39, 0.29) is 48.1 Å². The third-order valence-electron chi connectivity index (χ3n) is 6.21. The molecule has 0 amide bonds. The number of sulfonamides is 1. The highest BCUT2D eigenvalue weighted by atomic mass is 32.2. The molecule has 0 aromatic heterocycles. The van der Waals surface area contributed by atoms with Crippen molar-refractivity contribution in [2.45, 2.75) is 30.0 Å². The minimum Gasteiger partial charge on any atom is -0.496 e. The first kappa shape index (κ1) is 29.4. The van der Waals surface area contributed by atoms with Crippen LogP contribution < -0.4 is 19.5 Å². The number of halogens is 3. The van der Waals surface area contributed by atoms with Gasteiger partial charge in [-0.2, -0.15) is 13.2 Å². The second kappa shape index (κ2) is 11.5. The van der Waals surface area contributed by atoms with E-state index in [1.54, 1.807) is 24.3 Å². The highest BCUT2D eigenvalue weighted by molar-refractivity contribution is 7.92. The Labute approximate surface area is 233 Å². The van der Waals surface area contributed by atoms with Gasteiger partial charge < -0.3 is 20.3 Å². The molecule has 0 bridgehead atoms. The number of nitrogens with zero attached hydrogens (tertiary/aromatic N) is 2. The van der Waals surface area contributed by atoms with Gasteiger partial charge in [-0.3, -0.25) is 14.5 Å². The van der Waals surface area contributed by atoms with Gasteiger partial charge in [0.05, 0.1) is 35.4 Å². The number of nitrogens with two attached hydrogens (primary N) is 1. The minimum atomic E-state index is -4.78. The monoisotopic (exact) mass is 590 g/mol. The van der Waals surface area contributed by atoms with E-state index in [0.717, 1.165) is 22.5 Å². The first-order valence-corrected chi connectivity index (χ1v) is 13.5. The zero-order valence-corrected chi connectivity index (χ0v) is 22.4. The summed E-state index contributed by atoms with van der Waals surface area (Å²) in [6.07, 6.45) is -6.05. The number of aliphatic carboxylic acids is 1. The number of anilines is 1. The van der Waals surface area contributed by atoms with E-state index in [0.29, 0.717) is 17.4 Å². The Balaban J connectivity index is 1.76. The van der Waals surface area contributed by atoms with Crippen LogP contribution in [-0.4, -0.2) is 50.9 Å². The summed E-state index contributed by atoms with van der Waals surface area (Å²) in [4.78, 5) is 14.6. The summed E-state index contributed by atoms with van der Waals surface area (Å²) in [5.74, 6) is -1.03. The number of amidine groups is 2. The van der Waals surface area contributed by atoms with E-state index in [1.807, 2.05) is 0 Å². The van der Waals surface area contributed by atoms with Crippen LogP contribution >= 0.6 is 0 Å². The van der Waals surface area contributed by atoms with Crippen molar-refractivity contribution in [3.8, 4) is 11.5 Å². The topological polar surface area (TPSA) is 155 Å². The quantitative estimate of drug-likeness (QED) is 0.261. The summed E-state index contributed by atoms with van der Waals surface area (Å²) in [6.45, 7) is -0.373. The number of rotatable bonds is 8. The van der Waals surface area contributed by atoms with Crippen molar-refractivity contribution >= 4 is 33.4 Å². The van der Waals surface area contributed by atoms with Gasteiger partial charge in [0.1, 0.15) is 23.4 Å². The molecule has 0 spiro atoms. The Bertz CT molecular complexity index is 1630. The summed E-state index contributed by atoms with van der Waals surface area (Å²) in [5.41, 5.74) is 5.47. The number of alkyl halides is 3. The molecule has 1 atom stereocenters. The van der Waals surface area contributed by atoms with Gasteiger partial charge in [0, 0.05) is 12.0 Å². The average molecular weight is 591 g/mol. The molecule has 41 heavy (non-hydrogen) atoms. The SMILES string of the molecule is COc1ccccc1C(N)=NC(=N)c1ccc2c(c1)N(S(=O)(=O)c1cccc(C(F)(F)F)c1)C[C@H](CCC(=O)O)O2. The Morgan fingerprint density at radius 2 is 1.90 bits per heavy atom. The number of carbonyl (C=O) groups is 1. The van der Waals surface area contributed by atoms with Gasteiger partial charge in [-0.15, -0.1) is 0 Å². The zero-order valence-electron chi connectivity index (χ0n) is 21.6. The highest BCUT2D eigenvalue weighted by Gasteiger charge is 2.37. The van der Waals surface area contributed by atoms with Gasteiger partial charge in [0.2, 0.25) is 0 Å². The van der Waals surface area contributed by atoms with Crippen LogP contribution in [0.15, 0.2) is 76.6 Å². The molecule has 1 heterocycles. The minimum absolute atomic E-state index is 0.0383. The summed E-state index contributed by atoms with van der Waals surface area (Å²) in [6, 6.07) is 14.2. The molecule has 0 unspecified atom stereocenters. The van der Waals surface area contributed by atoms with Crippen LogP contribution in [-0.2, 0) is 21.0 Å². The number of hydrogen-bond acceptors (Lipinski definition) is 6. The molecular formula is C27H25F3N4O6S. The summed E-state index contributed by atoms with van der Waals surface area (Å²) >= 11 is 0. The van der Waals surface area contributed by atoms with Gasteiger partial charge in [0.25, 0.3) is 10.0 Å². The van der Waals surface area contributed by atoms with E-state index in [1.165, 1.54) is 25.3 Å². The van der Waals surface area contributed by atoms with Crippen molar-refractivity contribution in [2.75, 3.05) is 18.0 Å². The Morgan fingerprint density at radius 3 is 2.59 bits per heavy atom. The fourth-order valence-corrected chi connectivity index (χ4v) is 5.73. The molecule has 1 aliphatic rings. The first-order chi connectivity index (χ1) is 19.3. The van der Waals surface area contributed by atoms with Crippen LogP contribution in [0.25, 0.3) is 0 Å². The van der Waals surface area contributed by atoms with Crippen LogP contribution in [0.5, 0.6) is 11.5 Å². The highest BCUT2D eigenvalue weighted by Crippen LogP contribution is 2.39. The number of methoxy groups -OCH3 is 1. The average Bonchev–Trinajstić information content (AvgIpc) is 2.94. The maximum Gasteiger partial charge on any atom is 0.416 e. The lowest BCUT2D eigenvalue weighted by Crippen LogP contribution is -2.43. The smallest absolute Gasteiger partial charge is 0.416 e. The standard InChI is InChI=1S/C27H25F3N4O6S/c1-39-22-8-3-2-7-20(22)26(32)33-25(31)16-9-11-23-21(13-16)34(15-18(40-23)10-12-24(35)36)41(37,38)19-6-4-5-17(14-19)27(28,29)30/h2-9,11,13-14,18H,10,12,15H2,1H3,(H,35,36)(H3,31,32,33)/t18-/m0/s1. The maximum atomic E-state index is 13.7. The van der Waals surface area contributed by atoms with Gasteiger partial charge >= 0.3 is 12.1 Å². The lowest BCUT2D eigenvalue weighted by molar-refractivity contribution is -0.138. The third kappa shape index (κ3) is 6.43. The van der Waals surface area contributed by atoms with E-state index >= 15 is 0 Å². The predicted octanol–water partition coefficient (Wildman–Crippen LogP) is 4.27. The molecule has 14 heteroatoms. The predicted molar refractivity (Wildman–Crippen MR) is 144 cm³/mol. The number of carboxylic acids is 1. The molecule has 10 nitrogen and oxygen atoms in total. The lowest BCUT2D eigenvalue weighted by Gasteiger charge is -2.35. The summed E-state index contributed by atoms with van der Waals surface area (Å²) in [5, 5.41) is 17.6. The second-order valence-corrected chi connectivity index (χ2v) is 10.8. The van der Waals surface area contributed by atoms with Crippen molar-refractivity contribution < 1.29 is 41.0 Å². The zero-order chi connectivity index (χ0) is 29.9. The number of carboxylic acid groups (broad SMARTS) is 1. The van der Waals surface area contributed by atoms with E-state index in [9.17, 15) is 26.4 Å². The Morgan fingerprint density at radius 1 is 1.17 bits per heavy atom. The van der Waals surface area contributed by atoms with Crippen LogP contribution in [0.2, 0.25) is 0 Å². The number of nitrogens with one attached hydrogen (secondary N) is 1. The van der Waals surface area contributed by atoms with E-state index in [4.69, 9.17) is 25.7 Å². The number of ether oxygens (including phenoxy) is 2. The van der Waals surface area contributed by atoms with Crippen LogP contribution in [0.3, 0.4) is 0 Å². The van der Waals surface area contributed by atoms with E-state index in [2.05, 4.69) is 4.99 Å². The number of hydrogen-bond donors (Lipinski definition) is 3. The molecule has 0 aliphatic carbocycles. The number of fused-ring (bicyclic) bond motifs is 1. The summed E-state index contributed by atoms with van der Waals surface area (Å²) < 4.78 is 79.4. The molecule has 0 fully saturated rings. The molecule has 216 valence electrons. The maximum absolute atomic E-state index is 13.7. The van der Waals surface area contributed by atoms with Crippen molar-refractivity contribution in [2.24, 2.45) is 10.7 Å². The fraction of sp³-hybridized carbons (Fsp3) is 0.222. The summed E-state index contributed by atoms with van der Waals surface area (Å²) in [7, 11) is -3.14. The van der Waals surface area contributed by atoms with Crippen molar-refractivity contribution in [3.05, 3.63) is 83.4 Å². The van der Waals surface area contributed by atoms with Crippen molar-refractivity contribution in [1.29, 1.82) is 5.41 Å². The lowest BCUT2D eigenvalue weighted by atomic mass is 10.1.